The van der Waals surface area contributed by atoms with Crippen molar-refractivity contribution < 1.29 is 24.2 Å². The average molecular weight is 301 g/mol. The largest absolute Gasteiger partial charge is 0.509 e. The minimum absolute atomic E-state index is 0.256. The molecule has 0 aliphatic heterocycles. The Morgan fingerprint density at radius 3 is 2.60 bits per heavy atom. The number of nitrogens with zero attached hydrogens (tertiary/aromatic N) is 1. The molecule has 1 amide bonds. The highest BCUT2D eigenvalue weighted by atomic mass is 32.1. The molecule has 0 fully saturated rings. The van der Waals surface area contributed by atoms with Gasteiger partial charge in [-0.1, -0.05) is 6.07 Å². The van der Waals surface area contributed by atoms with Crippen LogP contribution in [0.2, 0.25) is 0 Å². The standard InChI is InChI=1S/C13H19NO5S/c1-9(2)18-13(17)19-10(11-5-4-8-20-11)6-7-14(3)12(15)16/h4-5,8-10H,6-7H2,1-3H3,(H,15,16). The number of amides is 1. The van der Waals surface area contributed by atoms with Gasteiger partial charge in [-0.25, -0.2) is 9.59 Å². The Morgan fingerprint density at radius 2 is 2.10 bits per heavy atom. The normalized spacial score (nSPS) is 12.0. The molecule has 0 aromatic carbocycles. The molecule has 0 saturated carbocycles. The summed E-state index contributed by atoms with van der Waals surface area (Å²) in [6.45, 7) is 3.74. The van der Waals surface area contributed by atoms with Crippen LogP contribution in [0.3, 0.4) is 0 Å². The topological polar surface area (TPSA) is 76.1 Å². The number of rotatable bonds is 6. The van der Waals surface area contributed by atoms with E-state index in [1.807, 2.05) is 17.5 Å². The van der Waals surface area contributed by atoms with Crippen LogP contribution in [-0.4, -0.2) is 42.0 Å². The number of ether oxygens (including phenoxy) is 2. The Bertz CT molecular complexity index is 432. The molecule has 1 atom stereocenters. The molecule has 1 aromatic heterocycles. The Labute approximate surface area is 121 Å². The van der Waals surface area contributed by atoms with Crippen LogP contribution in [0.1, 0.15) is 31.2 Å². The van der Waals surface area contributed by atoms with Crippen molar-refractivity contribution in [3.63, 3.8) is 0 Å². The van der Waals surface area contributed by atoms with E-state index in [9.17, 15) is 9.59 Å². The van der Waals surface area contributed by atoms with Crippen molar-refractivity contribution in [3.8, 4) is 0 Å². The number of carbonyl (C=O) groups is 2. The molecule has 1 N–H and O–H groups in total. The molecule has 1 heterocycles. The molecular formula is C13H19NO5S. The predicted octanol–water partition coefficient (Wildman–Crippen LogP) is 3.35. The highest BCUT2D eigenvalue weighted by molar-refractivity contribution is 7.10. The molecule has 0 aliphatic rings. The minimum Gasteiger partial charge on any atom is -0.465 e. The lowest BCUT2D eigenvalue weighted by Crippen LogP contribution is -2.27. The van der Waals surface area contributed by atoms with Gasteiger partial charge >= 0.3 is 12.2 Å². The first kappa shape index (κ1) is 16.3. The second kappa shape index (κ2) is 7.74. The van der Waals surface area contributed by atoms with Gasteiger partial charge in [-0.3, -0.25) is 0 Å². The predicted molar refractivity (Wildman–Crippen MR) is 75.0 cm³/mol. The Kier molecular flexibility index (Phi) is 6.30. The lowest BCUT2D eigenvalue weighted by Gasteiger charge is -2.20. The van der Waals surface area contributed by atoms with Gasteiger partial charge in [-0.15, -0.1) is 11.3 Å². The van der Waals surface area contributed by atoms with Crippen molar-refractivity contribution >= 4 is 23.6 Å². The van der Waals surface area contributed by atoms with Crippen molar-refractivity contribution in [1.29, 1.82) is 0 Å². The molecule has 7 heteroatoms. The van der Waals surface area contributed by atoms with E-state index < -0.39 is 18.4 Å². The summed E-state index contributed by atoms with van der Waals surface area (Å²) < 4.78 is 10.2. The van der Waals surface area contributed by atoms with E-state index in [0.717, 1.165) is 9.78 Å². The summed E-state index contributed by atoms with van der Waals surface area (Å²) in [5.41, 5.74) is 0. The van der Waals surface area contributed by atoms with Gasteiger partial charge in [0.15, 0.2) is 0 Å². The molecular weight excluding hydrogens is 282 g/mol. The molecule has 1 aromatic rings. The zero-order chi connectivity index (χ0) is 15.1. The summed E-state index contributed by atoms with van der Waals surface area (Å²) in [5, 5.41) is 10.7. The Morgan fingerprint density at radius 1 is 1.40 bits per heavy atom. The molecule has 112 valence electrons. The third-order valence-electron chi connectivity index (χ3n) is 2.48. The van der Waals surface area contributed by atoms with Gasteiger partial charge in [-0.2, -0.15) is 0 Å². The number of carboxylic acid groups (broad SMARTS) is 1. The van der Waals surface area contributed by atoms with Gasteiger partial charge in [0.05, 0.1) is 6.10 Å². The van der Waals surface area contributed by atoms with Crippen molar-refractivity contribution in [2.45, 2.75) is 32.5 Å². The van der Waals surface area contributed by atoms with Crippen LogP contribution in [0.15, 0.2) is 17.5 Å². The minimum atomic E-state index is -1.01. The third-order valence-corrected chi connectivity index (χ3v) is 3.45. The lowest BCUT2D eigenvalue weighted by molar-refractivity contribution is 0.00331. The molecule has 0 aliphatic carbocycles. The average Bonchev–Trinajstić information content (AvgIpc) is 2.86. The molecule has 6 nitrogen and oxygen atoms in total. The first-order chi connectivity index (χ1) is 9.40. The summed E-state index contributed by atoms with van der Waals surface area (Å²) in [6.07, 6.45) is -2.12. The van der Waals surface area contributed by atoms with Crippen LogP contribution < -0.4 is 0 Å². The highest BCUT2D eigenvalue weighted by Gasteiger charge is 2.21. The smallest absolute Gasteiger partial charge is 0.465 e. The summed E-state index contributed by atoms with van der Waals surface area (Å²) in [7, 11) is 1.47. The van der Waals surface area contributed by atoms with Crippen molar-refractivity contribution in [2.24, 2.45) is 0 Å². The van der Waals surface area contributed by atoms with Crippen LogP contribution >= 0.6 is 11.3 Å². The van der Waals surface area contributed by atoms with Crippen molar-refractivity contribution in [2.75, 3.05) is 13.6 Å². The zero-order valence-corrected chi connectivity index (χ0v) is 12.6. The fraction of sp³-hybridized carbons (Fsp3) is 0.538. The van der Waals surface area contributed by atoms with Crippen LogP contribution in [0.4, 0.5) is 9.59 Å². The summed E-state index contributed by atoms with van der Waals surface area (Å²) >= 11 is 1.45. The van der Waals surface area contributed by atoms with E-state index in [4.69, 9.17) is 14.6 Å². The molecule has 1 rings (SSSR count). The van der Waals surface area contributed by atoms with E-state index in [1.54, 1.807) is 13.8 Å². The number of thiophene rings is 1. The first-order valence-electron chi connectivity index (χ1n) is 6.25. The lowest BCUT2D eigenvalue weighted by atomic mass is 10.2. The van der Waals surface area contributed by atoms with Crippen molar-refractivity contribution in [1.82, 2.24) is 4.90 Å². The zero-order valence-electron chi connectivity index (χ0n) is 11.7. The maximum atomic E-state index is 11.6. The molecule has 0 saturated heterocycles. The van der Waals surface area contributed by atoms with Gasteiger partial charge in [0, 0.05) is 24.9 Å². The van der Waals surface area contributed by atoms with E-state index >= 15 is 0 Å². The Hall–Kier alpha value is -1.76. The van der Waals surface area contributed by atoms with Crippen LogP contribution in [-0.2, 0) is 9.47 Å². The number of carbonyl (C=O) groups excluding carboxylic acids is 1. The fourth-order valence-electron chi connectivity index (χ4n) is 1.48. The van der Waals surface area contributed by atoms with Crippen molar-refractivity contribution in [3.05, 3.63) is 22.4 Å². The third kappa shape index (κ3) is 5.48. The van der Waals surface area contributed by atoms with Gasteiger partial charge in [0.25, 0.3) is 0 Å². The van der Waals surface area contributed by atoms with Crippen LogP contribution in [0, 0.1) is 0 Å². The van der Waals surface area contributed by atoms with Gasteiger partial charge < -0.3 is 19.5 Å². The van der Waals surface area contributed by atoms with Gasteiger partial charge in [0.1, 0.15) is 6.10 Å². The SMILES string of the molecule is CC(C)OC(=O)OC(CCN(C)C(=O)O)c1cccs1. The highest BCUT2D eigenvalue weighted by Crippen LogP contribution is 2.26. The summed E-state index contributed by atoms with van der Waals surface area (Å²) in [6, 6.07) is 3.70. The molecule has 0 radical (unpaired) electrons. The fourth-order valence-corrected chi connectivity index (χ4v) is 2.27. The van der Waals surface area contributed by atoms with Crippen LogP contribution in [0.5, 0.6) is 0 Å². The van der Waals surface area contributed by atoms with Gasteiger partial charge in [-0.05, 0) is 25.3 Å². The van der Waals surface area contributed by atoms with E-state index in [0.29, 0.717) is 6.42 Å². The second-order valence-corrected chi connectivity index (χ2v) is 5.51. The molecule has 1 unspecified atom stereocenters. The van der Waals surface area contributed by atoms with Gasteiger partial charge in [0.2, 0.25) is 0 Å². The number of hydrogen-bond donors (Lipinski definition) is 1. The first-order valence-corrected chi connectivity index (χ1v) is 7.13. The maximum Gasteiger partial charge on any atom is 0.509 e. The van der Waals surface area contributed by atoms with E-state index in [1.165, 1.54) is 18.4 Å². The summed E-state index contributed by atoms with van der Waals surface area (Å²) in [4.78, 5) is 24.3. The Balaban J connectivity index is 2.62. The van der Waals surface area contributed by atoms with E-state index in [2.05, 4.69) is 0 Å². The maximum absolute atomic E-state index is 11.6. The quantitative estimate of drug-likeness (QED) is 0.815. The van der Waals surface area contributed by atoms with Crippen LogP contribution in [0.25, 0.3) is 0 Å². The molecule has 0 spiro atoms. The number of hydrogen-bond acceptors (Lipinski definition) is 5. The van der Waals surface area contributed by atoms with E-state index in [-0.39, 0.29) is 12.6 Å². The monoisotopic (exact) mass is 301 g/mol. The molecule has 0 bridgehead atoms. The summed E-state index contributed by atoms with van der Waals surface area (Å²) in [5.74, 6) is 0. The molecule has 20 heavy (non-hydrogen) atoms. The second-order valence-electron chi connectivity index (χ2n) is 4.53.